The van der Waals surface area contributed by atoms with Gasteiger partial charge in [-0.2, -0.15) is 4.72 Å². The molecular weight excluding hydrogens is 390 g/mol. The van der Waals surface area contributed by atoms with Crippen molar-refractivity contribution in [3.63, 3.8) is 0 Å². The van der Waals surface area contributed by atoms with Gasteiger partial charge in [-0.15, -0.1) is 0 Å². The van der Waals surface area contributed by atoms with E-state index in [1.807, 2.05) is 31.2 Å². The predicted molar refractivity (Wildman–Crippen MR) is 109 cm³/mol. The van der Waals surface area contributed by atoms with Gasteiger partial charge in [0.15, 0.2) is 5.76 Å². The van der Waals surface area contributed by atoms with E-state index in [4.69, 9.17) is 4.52 Å². The molecule has 4 rings (SSSR count). The van der Waals surface area contributed by atoms with Crippen LogP contribution >= 0.6 is 0 Å². The van der Waals surface area contributed by atoms with Crippen LogP contribution in [0.3, 0.4) is 0 Å². The fraction of sp³-hybridized carbons (Fsp3) is 0.238. The Bertz CT molecular complexity index is 1110. The third-order valence-corrected chi connectivity index (χ3v) is 6.49. The molecule has 1 fully saturated rings. The average molecular weight is 411 g/mol. The zero-order valence-electron chi connectivity index (χ0n) is 15.9. The molecule has 29 heavy (non-hydrogen) atoms. The van der Waals surface area contributed by atoms with Gasteiger partial charge in [-0.1, -0.05) is 35.0 Å². The maximum Gasteiger partial charge on any atom is 0.245 e. The van der Waals surface area contributed by atoms with Crippen molar-refractivity contribution in [3.8, 4) is 11.3 Å². The molecule has 1 amide bonds. The second kappa shape index (κ2) is 7.81. The summed E-state index contributed by atoms with van der Waals surface area (Å²) >= 11 is 0. The predicted octanol–water partition coefficient (Wildman–Crippen LogP) is 3.12. The van der Waals surface area contributed by atoms with E-state index in [-0.39, 0.29) is 10.8 Å². The number of hydrogen-bond acceptors (Lipinski definition) is 5. The molecule has 0 aliphatic carbocycles. The van der Waals surface area contributed by atoms with Crippen molar-refractivity contribution in [1.29, 1.82) is 0 Å². The summed E-state index contributed by atoms with van der Waals surface area (Å²) in [5.74, 6) is 0.100. The summed E-state index contributed by atoms with van der Waals surface area (Å²) in [5.41, 5.74) is 2.27. The van der Waals surface area contributed by atoms with Crippen LogP contribution in [-0.4, -0.2) is 32.1 Å². The fourth-order valence-electron chi connectivity index (χ4n) is 3.48. The molecule has 2 heterocycles. The van der Waals surface area contributed by atoms with Crippen LogP contribution in [0.1, 0.15) is 18.4 Å². The second-order valence-corrected chi connectivity index (χ2v) is 8.70. The quantitative estimate of drug-likeness (QED) is 0.696. The van der Waals surface area contributed by atoms with E-state index >= 15 is 0 Å². The van der Waals surface area contributed by atoms with Gasteiger partial charge in [0.25, 0.3) is 0 Å². The number of carbonyl (C=O) groups is 1. The highest BCUT2D eigenvalue weighted by Gasteiger charge is 2.34. The standard InChI is InChI=1S/C21H21N3O4S/c1-15-8-10-16(11-9-15)24-14-4-6-18(21(24)25)23-29(26,27)20-7-3-2-5-17(20)19-12-13-22-28-19/h2-3,5,7-13,18,23H,4,6,14H2,1H3. The van der Waals surface area contributed by atoms with Gasteiger partial charge in [0.05, 0.1) is 11.1 Å². The number of nitrogens with one attached hydrogen (secondary N) is 1. The van der Waals surface area contributed by atoms with Crippen LogP contribution in [0.25, 0.3) is 11.3 Å². The first kappa shape index (κ1) is 19.4. The van der Waals surface area contributed by atoms with Gasteiger partial charge in [-0.3, -0.25) is 4.79 Å². The van der Waals surface area contributed by atoms with Crippen LogP contribution < -0.4 is 9.62 Å². The number of aryl methyl sites for hydroxylation is 1. The molecule has 1 aliphatic rings. The molecule has 0 bridgehead atoms. The van der Waals surface area contributed by atoms with E-state index in [1.54, 1.807) is 29.2 Å². The highest BCUT2D eigenvalue weighted by atomic mass is 32.2. The summed E-state index contributed by atoms with van der Waals surface area (Å²) in [6, 6.07) is 14.9. The van der Waals surface area contributed by atoms with E-state index in [2.05, 4.69) is 9.88 Å². The number of carbonyl (C=O) groups excluding carboxylic acids is 1. The van der Waals surface area contributed by atoms with Crippen LogP contribution in [0.4, 0.5) is 5.69 Å². The lowest BCUT2D eigenvalue weighted by Gasteiger charge is -2.32. The van der Waals surface area contributed by atoms with Gasteiger partial charge in [0, 0.05) is 23.9 Å². The van der Waals surface area contributed by atoms with Gasteiger partial charge in [0.2, 0.25) is 15.9 Å². The van der Waals surface area contributed by atoms with E-state index in [0.717, 1.165) is 11.3 Å². The van der Waals surface area contributed by atoms with E-state index < -0.39 is 16.1 Å². The number of aromatic nitrogens is 1. The van der Waals surface area contributed by atoms with Crippen molar-refractivity contribution in [2.75, 3.05) is 11.4 Å². The lowest BCUT2D eigenvalue weighted by atomic mass is 10.0. The Balaban J connectivity index is 1.60. The molecule has 1 unspecified atom stereocenters. The number of benzene rings is 2. The molecule has 0 saturated carbocycles. The fourth-order valence-corrected chi connectivity index (χ4v) is 4.91. The van der Waals surface area contributed by atoms with Gasteiger partial charge < -0.3 is 9.42 Å². The summed E-state index contributed by atoms with van der Waals surface area (Å²) in [6.45, 7) is 2.54. The minimum absolute atomic E-state index is 0.0528. The molecule has 1 saturated heterocycles. The van der Waals surface area contributed by atoms with Crippen molar-refractivity contribution < 1.29 is 17.7 Å². The Morgan fingerprint density at radius 2 is 1.86 bits per heavy atom. The molecular formula is C21H21N3O4S. The Morgan fingerprint density at radius 1 is 1.10 bits per heavy atom. The molecule has 1 N–H and O–H groups in total. The number of anilines is 1. The summed E-state index contributed by atoms with van der Waals surface area (Å²) in [5, 5.41) is 3.65. The van der Waals surface area contributed by atoms with E-state index in [9.17, 15) is 13.2 Å². The van der Waals surface area contributed by atoms with Crippen molar-refractivity contribution in [3.05, 3.63) is 66.4 Å². The minimum Gasteiger partial charge on any atom is -0.356 e. The second-order valence-electron chi connectivity index (χ2n) is 7.01. The Kier molecular flexibility index (Phi) is 5.21. The Labute approximate surface area is 169 Å². The van der Waals surface area contributed by atoms with Crippen molar-refractivity contribution in [1.82, 2.24) is 9.88 Å². The third-order valence-electron chi connectivity index (χ3n) is 4.96. The first-order valence-corrected chi connectivity index (χ1v) is 10.8. The molecule has 3 aromatic rings. The molecule has 1 atom stereocenters. The maximum atomic E-state index is 13.1. The van der Waals surface area contributed by atoms with Gasteiger partial charge in [-0.05, 0) is 44.0 Å². The van der Waals surface area contributed by atoms with Crippen LogP contribution in [-0.2, 0) is 14.8 Å². The van der Waals surface area contributed by atoms with Crippen molar-refractivity contribution in [2.24, 2.45) is 0 Å². The normalized spacial score (nSPS) is 17.5. The van der Waals surface area contributed by atoms with Gasteiger partial charge in [0.1, 0.15) is 6.04 Å². The first-order chi connectivity index (χ1) is 14.0. The van der Waals surface area contributed by atoms with Crippen molar-refractivity contribution >= 4 is 21.6 Å². The van der Waals surface area contributed by atoms with Crippen LogP contribution in [0, 0.1) is 6.92 Å². The first-order valence-electron chi connectivity index (χ1n) is 9.36. The highest BCUT2D eigenvalue weighted by molar-refractivity contribution is 7.89. The monoisotopic (exact) mass is 411 g/mol. The van der Waals surface area contributed by atoms with Crippen LogP contribution in [0.15, 0.2) is 70.2 Å². The molecule has 7 nitrogen and oxygen atoms in total. The Morgan fingerprint density at radius 3 is 2.59 bits per heavy atom. The largest absolute Gasteiger partial charge is 0.356 e. The average Bonchev–Trinajstić information content (AvgIpc) is 3.25. The summed E-state index contributed by atoms with van der Waals surface area (Å²) in [6.07, 6.45) is 2.61. The molecule has 0 radical (unpaired) electrons. The number of amides is 1. The van der Waals surface area contributed by atoms with Crippen LogP contribution in [0.2, 0.25) is 0 Å². The molecule has 1 aromatic heterocycles. The zero-order valence-corrected chi connectivity index (χ0v) is 16.7. The minimum atomic E-state index is -3.95. The molecule has 150 valence electrons. The highest BCUT2D eigenvalue weighted by Crippen LogP contribution is 2.28. The molecule has 2 aromatic carbocycles. The summed E-state index contributed by atoms with van der Waals surface area (Å²) in [7, 11) is -3.95. The lowest BCUT2D eigenvalue weighted by Crippen LogP contribution is -2.52. The number of rotatable bonds is 5. The SMILES string of the molecule is Cc1ccc(N2CCCC(NS(=O)(=O)c3ccccc3-c3ccno3)C2=O)cc1. The van der Waals surface area contributed by atoms with E-state index in [0.29, 0.717) is 30.7 Å². The molecule has 8 heteroatoms. The summed E-state index contributed by atoms with van der Waals surface area (Å²) < 4.78 is 33.9. The van der Waals surface area contributed by atoms with Gasteiger partial charge >= 0.3 is 0 Å². The number of hydrogen-bond donors (Lipinski definition) is 1. The molecule has 0 spiro atoms. The number of nitrogens with zero attached hydrogens (tertiary/aromatic N) is 2. The molecule has 1 aliphatic heterocycles. The van der Waals surface area contributed by atoms with Crippen molar-refractivity contribution in [2.45, 2.75) is 30.7 Å². The topological polar surface area (TPSA) is 92.5 Å². The number of piperidine rings is 1. The Hall–Kier alpha value is -2.97. The summed E-state index contributed by atoms with van der Waals surface area (Å²) in [4.78, 5) is 14.7. The maximum absolute atomic E-state index is 13.1. The zero-order chi connectivity index (χ0) is 20.4. The lowest BCUT2D eigenvalue weighted by molar-refractivity contribution is -0.121. The smallest absolute Gasteiger partial charge is 0.245 e. The third kappa shape index (κ3) is 3.94. The van der Waals surface area contributed by atoms with Gasteiger partial charge in [-0.25, -0.2) is 8.42 Å². The van der Waals surface area contributed by atoms with E-state index in [1.165, 1.54) is 12.3 Å². The van der Waals surface area contributed by atoms with Crippen LogP contribution in [0.5, 0.6) is 0 Å². The number of sulfonamides is 1.